The summed E-state index contributed by atoms with van der Waals surface area (Å²) in [5.41, 5.74) is -28.6. The van der Waals surface area contributed by atoms with Crippen molar-refractivity contribution in [1.82, 2.24) is 4.98 Å². The molecule has 0 aliphatic carbocycles. The first-order valence-corrected chi connectivity index (χ1v) is 24.7. The largest absolute Gasteiger partial charge is 0.416 e. The molecule has 0 fully saturated rings. The monoisotopic (exact) mass is 1270 g/mol. The molecule has 0 radical (unpaired) electrons. The van der Waals surface area contributed by atoms with Gasteiger partial charge in [-0.15, -0.1) is 0 Å². The molecule has 0 saturated heterocycles. The Morgan fingerprint density at radius 3 is 0.943 bits per heavy atom. The van der Waals surface area contributed by atoms with Crippen LogP contribution in [-0.4, -0.2) is 22.7 Å². The predicted octanol–water partition coefficient (Wildman–Crippen LogP) is 16.0. The molecule has 0 spiro atoms. The number of nitrogens with zero attached hydrogens (tertiary/aromatic N) is 2. The molecule has 88 heavy (non-hydrogen) atoms. The van der Waals surface area contributed by atoms with Crippen LogP contribution in [0, 0.1) is 0 Å². The summed E-state index contributed by atoms with van der Waals surface area (Å²) in [4.78, 5) is 30.8. The summed E-state index contributed by atoms with van der Waals surface area (Å²) in [7, 11) is 0. The minimum absolute atomic E-state index is 0.0615. The number of halogens is 24. The van der Waals surface area contributed by atoms with E-state index in [0.29, 0.717) is 16.8 Å². The van der Waals surface area contributed by atoms with Crippen LogP contribution in [0.2, 0.25) is 0 Å². The van der Waals surface area contributed by atoms with E-state index in [2.05, 4.69) is 11.1 Å². The Morgan fingerprint density at radius 1 is 0.364 bits per heavy atom. The number of hydrogen-bond donors (Lipinski definition) is 0. The first-order valence-electron chi connectivity index (χ1n) is 24.7. The number of carbonyl (C=O) groups is 2. The van der Waals surface area contributed by atoms with E-state index in [0.717, 1.165) is 21.5 Å². The lowest BCUT2D eigenvalue weighted by Crippen LogP contribution is -2.75. The average molecular weight is 1270 g/mol. The lowest BCUT2D eigenvalue weighted by atomic mass is 9.12. The molecule has 4 nitrogen and oxygen atoms in total. The van der Waals surface area contributed by atoms with E-state index in [4.69, 9.17) is 0 Å². The number of benzene rings is 8. The fourth-order valence-electron chi connectivity index (χ4n) is 10.0. The van der Waals surface area contributed by atoms with Crippen LogP contribution in [0.15, 0.2) is 176 Å². The number of carbonyl (C=O) groups excluding carboxylic acids is 2. The Morgan fingerprint density at radius 2 is 0.648 bits per heavy atom. The third-order valence-corrected chi connectivity index (χ3v) is 13.9. The van der Waals surface area contributed by atoms with E-state index >= 15 is 0 Å². The Kier molecular flexibility index (Phi) is 17.0. The van der Waals surface area contributed by atoms with Crippen molar-refractivity contribution < 1.29 is 120 Å². The molecule has 460 valence electrons. The lowest BCUT2D eigenvalue weighted by Gasteiger charge is -2.46. The van der Waals surface area contributed by atoms with Gasteiger partial charge in [-0.3, -0.25) is 14.6 Å². The van der Waals surface area contributed by atoms with E-state index < -0.39 is 195 Å². The second-order valence-corrected chi connectivity index (χ2v) is 19.6. The van der Waals surface area contributed by atoms with Gasteiger partial charge in [-0.2, -0.15) is 132 Å². The van der Waals surface area contributed by atoms with Gasteiger partial charge >= 0.3 is 49.4 Å². The van der Waals surface area contributed by atoms with Crippen molar-refractivity contribution in [2.45, 2.75) is 56.0 Å². The maximum atomic E-state index is 14.2. The fourth-order valence-corrected chi connectivity index (χ4v) is 10.0. The number of Topliss-reactive ketones (excluding diaryl/α,β-unsaturated/α-hetero) is 1. The number of alkyl halides is 24. The molecule has 9 aromatic rings. The molecule has 0 N–H and O–H groups in total. The van der Waals surface area contributed by atoms with Crippen molar-refractivity contribution in [1.29, 1.82) is 0 Å². The highest BCUT2D eigenvalue weighted by Crippen LogP contribution is 2.42. The van der Waals surface area contributed by atoms with Gasteiger partial charge in [0.25, 0.3) is 11.5 Å². The third kappa shape index (κ3) is 13.8. The SMILES string of the molecule is FC(F)(F)c1cc([B-](c2cc(C(F)(F)F)cc(C(F)(F)F)c2)(c2cc(C(F)(F)F)cc(C(F)(F)F)c2)c2cc(C(F)(F)F)cc(C(F)(F)F)c2)cc(C(F)(F)F)c1.O=C(C[n+]1ccncc1C(=O)c1c2ccccc2cc2ccccc12)c1ccccc1. The van der Waals surface area contributed by atoms with Gasteiger partial charge in [0, 0.05) is 11.1 Å². The summed E-state index contributed by atoms with van der Waals surface area (Å²) in [5, 5.41) is 3.77. The second-order valence-electron chi connectivity index (χ2n) is 19.6. The second kappa shape index (κ2) is 23.0. The molecule has 29 heteroatoms. The van der Waals surface area contributed by atoms with Gasteiger partial charge in [0.1, 0.15) is 12.3 Å². The zero-order chi connectivity index (χ0) is 65.1. The molecular weight excluding hydrogens is 1240 g/mol. The molecule has 0 amide bonds. The summed E-state index contributed by atoms with van der Waals surface area (Å²) >= 11 is 0. The van der Waals surface area contributed by atoms with Crippen LogP contribution in [-0.2, 0) is 56.0 Å². The highest BCUT2D eigenvalue weighted by molar-refractivity contribution is 7.20. The zero-order valence-electron chi connectivity index (χ0n) is 43.3. The molecule has 0 aliphatic heterocycles. The number of ketones is 2. The highest BCUT2D eigenvalue weighted by atomic mass is 19.4. The maximum Gasteiger partial charge on any atom is 0.416 e. The van der Waals surface area contributed by atoms with Crippen LogP contribution in [0.25, 0.3) is 21.5 Å². The number of rotatable bonds is 9. The smallest absolute Gasteiger partial charge is 0.287 e. The van der Waals surface area contributed by atoms with Gasteiger partial charge in [-0.05, 0) is 51.9 Å². The molecule has 1 heterocycles. The van der Waals surface area contributed by atoms with Gasteiger partial charge in [0.2, 0.25) is 12.3 Å². The van der Waals surface area contributed by atoms with Crippen LogP contribution in [0.4, 0.5) is 105 Å². The predicted molar refractivity (Wildman–Crippen MR) is 270 cm³/mol. The number of aromatic nitrogens is 2. The standard InChI is InChI=1S/C32H12BF24.C27H19N2O2/c34-25(35,36)13-1-14(26(37,38)39)6-21(5-13)33(22-7-15(27(40,41)42)2-16(8-22)28(43,44)45,23-9-17(29(46,47)48)3-18(10-23)30(49,50)51)24-11-19(31(52,53)54)4-20(12-24)32(55,56)57;30-25(19-8-2-1-3-9-19)18-29-15-14-28-17-24(29)27(31)26-22-12-6-4-10-20(22)16-21-11-5-7-13-23(21)26/h1-12H;1-17H,18H2/q-1;+1. The van der Waals surface area contributed by atoms with Crippen molar-refractivity contribution in [3.05, 3.63) is 238 Å². The minimum atomic E-state index is -6.13. The van der Waals surface area contributed by atoms with Crippen molar-refractivity contribution >= 4 is 61.1 Å². The Labute approximate surface area is 478 Å². The molecule has 0 unspecified atom stereocenters. The summed E-state index contributed by atoms with van der Waals surface area (Å²) in [5.74, 6) is -0.212. The maximum absolute atomic E-state index is 14.2. The van der Waals surface area contributed by atoms with E-state index in [9.17, 15) is 115 Å². The normalized spacial score (nSPS) is 13.1. The van der Waals surface area contributed by atoms with Gasteiger partial charge in [-0.1, -0.05) is 127 Å². The average Bonchev–Trinajstić information content (AvgIpc) is 0.716. The van der Waals surface area contributed by atoms with Crippen LogP contribution >= 0.6 is 0 Å². The first kappa shape index (κ1) is 65.1. The highest BCUT2D eigenvalue weighted by Gasteiger charge is 2.47. The third-order valence-electron chi connectivity index (χ3n) is 13.9. The summed E-state index contributed by atoms with van der Waals surface area (Å²) in [6.07, 6.45) is -50.0. The number of hydrogen-bond acceptors (Lipinski definition) is 3. The van der Waals surface area contributed by atoms with Gasteiger partial charge in [-0.25, -0.2) is 0 Å². The zero-order valence-corrected chi connectivity index (χ0v) is 43.3. The molecule has 0 aliphatic rings. The van der Waals surface area contributed by atoms with E-state index in [1.165, 1.54) is 6.20 Å². The lowest BCUT2D eigenvalue weighted by molar-refractivity contribution is -0.685. The Bertz CT molecular complexity index is 3630. The molecule has 0 atom stereocenters. The molecule has 8 aromatic carbocycles. The molecule has 0 saturated carbocycles. The van der Waals surface area contributed by atoms with Crippen LogP contribution in [0.1, 0.15) is 70.9 Å². The van der Waals surface area contributed by atoms with Crippen LogP contribution in [0.5, 0.6) is 0 Å². The van der Waals surface area contributed by atoms with E-state index in [-0.39, 0.29) is 18.1 Å². The number of fused-ring (bicyclic) bond motifs is 2. The van der Waals surface area contributed by atoms with Crippen molar-refractivity contribution in [2.24, 2.45) is 0 Å². The minimum Gasteiger partial charge on any atom is -0.287 e. The first-order chi connectivity index (χ1) is 40.5. The Balaban J connectivity index is 0.000000269. The van der Waals surface area contributed by atoms with Crippen molar-refractivity contribution in [3.8, 4) is 0 Å². The van der Waals surface area contributed by atoms with E-state index in [1.54, 1.807) is 29.1 Å². The summed E-state index contributed by atoms with van der Waals surface area (Å²) in [6, 6.07) is 18.1. The molecule has 9 rings (SSSR count). The summed E-state index contributed by atoms with van der Waals surface area (Å²) in [6.45, 7) is 0.0658. The van der Waals surface area contributed by atoms with Crippen molar-refractivity contribution in [3.63, 3.8) is 0 Å². The molecule has 0 bridgehead atoms. The molecule has 1 aromatic heterocycles. The van der Waals surface area contributed by atoms with Crippen LogP contribution < -0.4 is 26.4 Å². The molecular formula is C59H31BF24N2O2. The quantitative estimate of drug-likeness (QED) is 0.0476. The van der Waals surface area contributed by atoms with Gasteiger partial charge in [0.15, 0.2) is 6.20 Å². The van der Waals surface area contributed by atoms with Gasteiger partial charge in [0.05, 0.1) is 50.7 Å². The van der Waals surface area contributed by atoms with Gasteiger partial charge < -0.3 is 0 Å². The Hall–Kier alpha value is -8.92. The topological polar surface area (TPSA) is 50.9 Å². The van der Waals surface area contributed by atoms with E-state index in [1.807, 2.05) is 66.7 Å². The summed E-state index contributed by atoms with van der Waals surface area (Å²) < 4.78 is 343. The van der Waals surface area contributed by atoms with Crippen molar-refractivity contribution in [2.75, 3.05) is 0 Å². The fraction of sp³-hybridized carbons (Fsp3) is 0.153. The van der Waals surface area contributed by atoms with Crippen LogP contribution in [0.3, 0.4) is 0 Å².